The summed E-state index contributed by atoms with van der Waals surface area (Å²) >= 11 is 0. The summed E-state index contributed by atoms with van der Waals surface area (Å²) in [7, 11) is 0. The maximum atomic E-state index is 12.5. The first-order valence-corrected chi connectivity index (χ1v) is 9.89. The molecule has 1 aliphatic heterocycles. The van der Waals surface area contributed by atoms with Gasteiger partial charge in [-0.1, -0.05) is 27.2 Å². The van der Waals surface area contributed by atoms with Crippen molar-refractivity contribution in [2.75, 3.05) is 6.61 Å². The fourth-order valence-corrected chi connectivity index (χ4v) is 8.01. The minimum atomic E-state index is -0.0569. The molecule has 4 fully saturated rings. The molecule has 0 bridgehead atoms. The van der Waals surface area contributed by atoms with Gasteiger partial charge in [0.2, 0.25) is 0 Å². The lowest BCUT2D eigenvalue weighted by Crippen LogP contribution is -2.63. The van der Waals surface area contributed by atoms with Crippen LogP contribution in [0.2, 0.25) is 0 Å². The van der Waals surface area contributed by atoms with Crippen molar-refractivity contribution in [2.45, 2.75) is 84.7 Å². The minimum Gasteiger partial charge on any atom is -0.375 e. The summed E-state index contributed by atoms with van der Waals surface area (Å²) in [4.78, 5) is 12.5. The largest absolute Gasteiger partial charge is 0.375 e. The zero-order valence-corrected chi connectivity index (χ0v) is 15.5. The van der Waals surface area contributed by atoms with Crippen LogP contribution in [0.4, 0.5) is 0 Å². The zero-order valence-electron chi connectivity index (χ0n) is 15.5. The topological polar surface area (TPSA) is 26.3 Å². The highest BCUT2D eigenvalue weighted by molar-refractivity contribution is 5.62. The van der Waals surface area contributed by atoms with Gasteiger partial charge >= 0.3 is 0 Å². The number of aldehydes is 1. The van der Waals surface area contributed by atoms with Crippen LogP contribution >= 0.6 is 0 Å². The van der Waals surface area contributed by atoms with Crippen LogP contribution in [0, 0.1) is 34.0 Å². The maximum absolute atomic E-state index is 12.5. The zero-order chi connectivity index (χ0) is 16.5. The summed E-state index contributed by atoms with van der Waals surface area (Å²) < 4.78 is 6.21. The molecular formula is C21H34O2. The molecule has 23 heavy (non-hydrogen) atoms. The number of hydrogen-bond acceptors (Lipinski definition) is 2. The van der Waals surface area contributed by atoms with Gasteiger partial charge in [0.25, 0.3) is 0 Å². The van der Waals surface area contributed by atoms with E-state index in [1.807, 2.05) is 0 Å². The van der Waals surface area contributed by atoms with Gasteiger partial charge in [-0.15, -0.1) is 0 Å². The van der Waals surface area contributed by atoms with Gasteiger partial charge in [-0.05, 0) is 80.5 Å². The second-order valence-corrected chi connectivity index (χ2v) is 10.3. The van der Waals surface area contributed by atoms with Crippen molar-refractivity contribution in [3.8, 4) is 0 Å². The van der Waals surface area contributed by atoms with Crippen LogP contribution in [-0.4, -0.2) is 18.5 Å². The Bertz CT molecular complexity index is 512. The fourth-order valence-electron chi connectivity index (χ4n) is 8.01. The Labute approximate surface area is 141 Å². The Hall–Kier alpha value is -0.370. The number of rotatable bonds is 1. The van der Waals surface area contributed by atoms with Gasteiger partial charge in [-0.2, -0.15) is 0 Å². The molecule has 6 atom stereocenters. The van der Waals surface area contributed by atoms with E-state index in [2.05, 4.69) is 27.7 Å². The van der Waals surface area contributed by atoms with Crippen LogP contribution in [0.1, 0.15) is 79.1 Å². The second-order valence-electron chi connectivity index (χ2n) is 10.3. The molecule has 2 nitrogen and oxygen atoms in total. The van der Waals surface area contributed by atoms with Gasteiger partial charge in [-0.25, -0.2) is 0 Å². The molecule has 3 aliphatic carbocycles. The Kier molecular flexibility index (Phi) is 3.39. The van der Waals surface area contributed by atoms with Crippen LogP contribution < -0.4 is 0 Å². The summed E-state index contributed by atoms with van der Waals surface area (Å²) in [6, 6.07) is 0. The molecule has 0 N–H and O–H groups in total. The van der Waals surface area contributed by atoms with Crippen LogP contribution in [-0.2, 0) is 9.53 Å². The summed E-state index contributed by atoms with van der Waals surface area (Å²) in [6.45, 7) is 10.6. The lowest BCUT2D eigenvalue weighted by atomic mass is 9.38. The molecule has 0 radical (unpaired) electrons. The van der Waals surface area contributed by atoms with E-state index < -0.39 is 0 Å². The Morgan fingerprint density at radius 2 is 1.61 bits per heavy atom. The molecule has 3 saturated carbocycles. The first-order valence-electron chi connectivity index (χ1n) is 9.89. The average molecular weight is 319 g/mol. The van der Waals surface area contributed by atoms with E-state index in [4.69, 9.17) is 4.74 Å². The summed E-state index contributed by atoms with van der Waals surface area (Å²) in [5, 5.41) is 0. The molecule has 0 amide bonds. The van der Waals surface area contributed by atoms with E-state index in [-0.39, 0.29) is 11.0 Å². The predicted octanol–water partition coefficient (Wildman–Crippen LogP) is 5.00. The lowest BCUT2D eigenvalue weighted by molar-refractivity contribution is -0.197. The molecule has 2 heteroatoms. The molecule has 6 unspecified atom stereocenters. The first kappa shape index (κ1) is 16.1. The summed E-state index contributed by atoms with van der Waals surface area (Å²) in [5.41, 5.74) is 0.646. The molecule has 0 spiro atoms. The Morgan fingerprint density at radius 1 is 0.870 bits per heavy atom. The fraction of sp³-hybridized carbons (Fsp3) is 0.952. The standard InChI is InChI=1S/C21H34O2/c1-18(2)9-5-10-21(14-22)15(18)6-11-19(3)16-8-13-23-20(16,4)12-7-17(19)21/h14-17H,5-13H2,1-4H3. The number of ether oxygens (including phenoxy) is 1. The average Bonchev–Trinajstić information content (AvgIpc) is 2.89. The molecule has 1 saturated heterocycles. The van der Waals surface area contributed by atoms with Crippen molar-refractivity contribution in [2.24, 2.45) is 34.0 Å². The summed E-state index contributed by atoms with van der Waals surface area (Å²) in [6.07, 6.45) is 11.2. The second kappa shape index (κ2) is 4.84. The third-order valence-corrected chi connectivity index (χ3v) is 8.96. The number of carbonyl (C=O) groups excluding carboxylic acids is 1. The lowest BCUT2D eigenvalue weighted by Gasteiger charge is -2.66. The highest BCUT2D eigenvalue weighted by atomic mass is 16.5. The molecule has 4 aliphatic rings. The van der Waals surface area contributed by atoms with E-state index >= 15 is 0 Å². The van der Waals surface area contributed by atoms with Crippen molar-refractivity contribution < 1.29 is 9.53 Å². The van der Waals surface area contributed by atoms with Gasteiger partial charge in [0.1, 0.15) is 6.29 Å². The molecule has 130 valence electrons. The van der Waals surface area contributed by atoms with Crippen molar-refractivity contribution in [1.29, 1.82) is 0 Å². The van der Waals surface area contributed by atoms with Crippen LogP contribution in [0.3, 0.4) is 0 Å². The molecule has 0 aromatic carbocycles. The quantitative estimate of drug-likeness (QED) is 0.636. The molecule has 4 rings (SSSR count). The van der Waals surface area contributed by atoms with Crippen molar-refractivity contribution >= 4 is 6.29 Å². The monoisotopic (exact) mass is 318 g/mol. The van der Waals surface area contributed by atoms with Crippen molar-refractivity contribution in [3.05, 3.63) is 0 Å². The Morgan fingerprint density at radius 3 is 2.35 bits per heavy atom. The molecule has 1 heterocycles. The van der Waals surface area contributed by atoms with E-state index in [1.54, 1.807) is 0 Å². The van der Waals surface area contributed by atoms with Crippen LogP contribution in [0.5, 0.6) is 0 Å². The molecular weight excluding hydrogens is 284 g/mol. The third-order valence-electron chi connectivity index (χ3n) is 8.96. The first-order chi connectivity index (χ1) is 10.8. The van der Waals surface area contributed by atoms with Gasteiger partial charge in [-0.3, -0.25) is 0 Å². The summed E-state index contributed by atoms with van der Waals surface area (Å²) in [5.74, 6) is 1.81. The maximum Gasteiger partial charge on any atom is 0.126 e. The molecule has 0 aromatic rings. The smallest absolute Gasteiger partial charge is 0.126 e. The normalized spacial score (nSPS) is 54.7. The number of fused-ring (bicyclic) bond motifs is 5. The van der Waals surface area contributed by atoms with Crippen LogP contribution in [0.25, 0.3) is 0 Å². The van der Waals surface area contributed by atoms with E-state index in [0.717, 1.165) is 19.4 Å². The third kappa shape index (κ3) is 1.94. The highest BCUT2D eigenvalue weighted by Crippen LogP contribution is 2.70. The predicted molar refractivity (Wildman–Crippen MR) is 92.1 cm³/mol. The van der Waals surface area contributed by atoms with Crippen LogP contribution in [0.15, 0.2) is 0 Å². The Balaban J connectivity index is 1.78. The van der Waals surface area contributed by atoms with Gasteiger partial charge in [0.15, 0.2) is 0 Å². The highest BCUT2D eigenvalue weighted by Gasteiger charge is 2.66. The van der Waals surface area contributed by atoms with E-state index in [0.29, 0.717) is 28.6 Å². The number of hydrogen-bond donors (Lipinski definition) is 0. The van der Waals surface area contributed by atoms with E-state index in [9.17, 15) is 4.79 Å². The van der Waals surface area contributed by atoms with Gasteiger partial charge in [0, 0.05) is 12.0 Å². The van der Waals surface area contributed by atoms with Gasteiger partial charge in [0.05, 0.1) is 5.60 Å². The minimum absolute atomic E-state index is 0.0569. The van der Waals surface area contributed by atoms with Crippen molar-refractivity contribution in [1.82, 2.24) is 0 Å². The number of carbonyl (C=O) groups is 1. The van der Waals surface area contributed by atoms with Crippen molar-refractivity contribution in [3.63, 3.8) is 0 Å². The SMILES string of the molecule is CC1(C)CCCC2(C=O)C1CCC1(C)C3CCOC3(C)CCC12. The van der Waals surface area contributed by atoms with Gasteiger partial charge < -0.3 is 9.53 Å². The van der Waals surface area contributed by atoms with E-state index in [1.165, 1.54) is 44.8 Å². The molecule has 0 aromatic heterocycles.